The van der Waals surface area contributed by atoms with Crippen molar-refractivity contribution in [3.8, 4) is 0 Å². The number of nitrogens with one attached hydrogen (secondary N) is 1. The maximum absolute atomic E-state index is 3.63. The quantitative estimate of drug-likeness (QED) is 0.827. The third-order valence-electron chi connectivity index (χ3n) is 5.79. The molecular weight excluding hydrogens is 220 g/mol. The van der Waals surface area contributed by atoms with Crippen LogP contribution in [-0.2, 0) is 0 Å². The van der Waals surface area contributed by atoms with Crippen molar-refractivity contribution in [1.82, 2.24) is 10.2 Å². The molecule has 2 heterocycles. The van der Waals surface area contributed by atoms with E-state index in [4.69, 9.17) is 0 Å². The minimum absolute atomic E-state index is 0.778. The van der Waals surface area contributed by atoms with E-state index in [9.17, 15) is 0 Å². The summed E-state index contributed by atoms with van der Waals surface area (Å²) in [6, 6.07) is 0.829. The van der Waals surface area contributed by atoms with Crippen molar-refractivity contribution in [1.29, 1.82) is 0 Å². The van der Waals surface area contributed by atoms with Crippen molar-refractivity contribution in [2.75, 3.05) is 26.2 Å². The first-order chi connectivity index (χ1) is 8.86. The molecule has 1 aliphatic carbocycles. The predicted molar refractivity (Wildman–Crippen MR) is 76.8 cm³/mol. The molecule has 0 aromatic rings. The van der Waals surface area contributed by atoms with Gasteiger partial charge in [0.25, 0.3) is 0 Å². The summed E-state index contributed by atoms with van der Waals surface area (Å²) >= 11 is 0. The van der Waals surface area contributed by atoms with Gasteiger partial charge in [-0.25, -0.2) is 0 Å². The van der Waals surface area contributed by atoms with Crippen LogP contribution < -0.4 is 5.32 Å². The lowest BCUT2D eigenvalue weighted by Gasteiger charge is -2.44. The van der Waals surface area contributed by atoms with Crippen molar-refractivity contribution in [3.63, 3.8) is 0 Å². The van der Waals surface area contributed by atoms with Crippen LogP contribution in [0.5, 0.6) is 0 Å². The first-order valence-corrected chi connectivity index (χ1v) is 8.32. The van der Waals surface area contributed by atoms with Gasteiger partial charge in [0.05, 0.1) is 0 Å². The highest BCUT2D eigenvalue weighted by atomic mass is 15.1. The van der Waals surface area contributed by atoms with Crippen LogP contribution >= 0.6 is 0 Å². The molecule has 3 aliphatic rings. The molecule has 2 saturated heterocycles. The molecule has 1 saturated carbocycles. The Labute approximate surface area is 113 Å². The van der Waals surface area contributed by atoms with E-state index in [1.165, 1.54) is 90.4 Å². The maximum atomic E-state index is 3.63. The lowest BCUT2D eigenvalue weighted by molar-refractivity contribution is 0.0661. The minimum Gasteiger partial charge on any atom is -0.314 e. The van der Waals surface area contributed by atoms with Crippen molar-refractivity contribution < 1.29 is 0 Å². The zero-order chi connectivity index (χ0) is 12.3. The van der Waals surface area contributed by atoms with Crippen molar-refractivity contribution in [3.05, 3.63) is 0 Å². The molecule has 1 spiro atoms. The SMILES string of the molecule is C1CCC2(CC1)CCN(CCC1CCCN1)CC2. The summed E-state index contributed by atoms with van der Waals surface area (Å²) in [6.45, 7) is 5.36. The molecule has 3 fully saturated rings. The van der Waals surface area contributed by atoms with E-state index in [1.54, 1.807) is 0 Å². The van der Waals surface area contributed by atoms with Crippen LogP contribution in [0, 0.1) is 5.41 Å². The van der Waals surface area contributed by atoms with Gasteiger partial charge in [0.1, 0.15) is 0 Å². The van der Waals surface area contributed by atoms with Crippen LogP contribution in [0.3, 0.4) is 0 Å². The molecule has 1 atom stereocenters. The Bertz CT molecular complexity index is 242. The standard InChI is InChI=1S/C16H30N2/c1-2-7-16(8-3-1)9-13-18(14-10-16)12-6-15-5-4-11-17-15/h15,17H,1-14H2. The summed E-state index contributed by atoms with van der Waals surface area (Å²) in [7, 11) is 0. The molecule has 104 valence electrons. The molecule has 2 nitrogen and oxygen atoms in total. The zero-order valence-electron chi connectivity index (χ0n) is 11.9. The van der Waals surface area contributed by atoms with Crippen LogP contribution in [-0.4, -0.2) is 37.1 Å². The summed E-state index contributed by atoms with van der Waals surface area (Å²) in [4.78, 5) is 2.74. The number of piperidine rings is 1. The summed E-state index contributed by atoms with van der Waals surface area (Å²) in [5.74, 6) is 0. The fourth-order valence-corrected chi connectivity index (χ4v) is 4.39. The largest absolute Gasteiger partial charge is 0.314 e. The number of nitrogens with zero attached hydrogens (tertiary/aromatic N) is 1. The van der Waals surface area contributed by atoms with Crippen molar-refractivity contribution >= 4 is 0 Å². The maximum Gasteiger partial charge on any atom is 0.00797 e. The highest BCUT2D eigenvalue weighted by Gasteiger charge is 2.35. The first-order valence-electron chi connectivity index (χ1n) is 8.32. The molecule has 0 amide bonds. The summed E-state index contributed by atoms with van der Waals surface area (Å²) in [5, 5.41) is 3.63. The molecule has 1 N–H and O–H groups in total. The fourth-order valence-electron chi connectivity index (χ4n) is 4.39. The van der Waals surface area contributed by atoms with E-state index >= 15 is 0 Å². The average molecular weight is 250 g/mol. The van der Waals surface area contributed by atoms with Crippen LogP contribution in [0.1, 0.15) is 64.2 Å². The lowest BCUT2D eigenvalue weighted by atomic mass is 9.68. The summed E-state index contributed by atoms with van der Waals surface area (Å²) in [5.41, 5.74) is 0.778. The van der Waals surface area contributed by atoms with E-state index in [0.29, 0.717) is 0 Å². The highest BCUT2D eigenvalue weighted by Crippen LogP contribution is 2.44. The highest BCUT2D eigenvalue weighted by molar-refractivity contribution is 4.88. The van der Waals surface area contributed by atoms with Gasteiger partial charge in [-0.05, 0) is 76.5 Å². The van der Waals surface area contributed by atoms with Gasteiger partial charge in [0.2, 0.25) is 0 Å². The second kappa shape index (κ2) is 5.92. The Morgan fingerprint density at radius 1 is 0.944 bits per heavy atom. The van der Waals surface area contributed by atoms with Crippen molar-refractivity contribution in [2.24, 2.45) is 5.41 Å². The molecule has 3 rings (SSSR count). The van der Waals surface area contributed by atoms with Gasteiger partial charge >= 0.3 is 0 Å². The smallest absolute Gasteiger partial charge is 0.00797 e. The normalized spacial score (nSPS) is 33.0. The number of rotatable bonds is 3. The molecule has 0 bridgehead atoms. The van der Waals surface area contributed by atoms with E-state index < -0.39 is 0 Å². The predicted octanol–water partition coefficient (Wildman–Crippen LogP) is 3.17. The van der Waals surface area contributed by atoms with Crippen LogP contribution in [0.2, 0.25) is 0 Å². The minimum atomic E-state index is 0.778. The van der Waals surface area contributed by atoms with Crippen molar-refractivity contribution in [2.45, 2.75) is 70.3 Å². The third kappa shape index (κ3) is 3.08. The van der Waals surface area contributed by atoms with Gasteiger partial charge in [-0.15, -0.1) is 0 Å². The second-order valence-corrected chi connectivity index (χ2v) is 6.98. The van der Waals surface area contributed by atoms with Gasteiger partial charge in [-0.2, -0.15) is 0 Å². The Hall–Kier alpha value is -0.0800. The molecule has 0 aromatic heterocycles. The van der Waals surface area contributed by atoms with E-state index in [0.717, 1.165) is 11.5 Å². The molecule has 0 radical (unpaired) electrons. The van der Waals surface area contributed by atoms with Crippen LogP contribution in [0.25, 0.3) is 0 Å². The average Bonchev–Trinajstić information content (AvgIpc) is 2.93. The molecular formula is C16H30N2. The summed E-state index contributed by atoms with van der Waals surface area (Å²) < 4.78 is 0. The van der Waals surface area contributed by atoms with Gasteiger partial charge in [-0.3, -0.25) is 0 Å². The molecule has 18 heavy (non-hydrogen) atoms. The Morgan fingerprint density at radius 3 is 2.39 bits per heavy atom. The Balaban J connectivity index is 1.39. The zero-order valence-corrected chi connectivity index (χ0v) is 11.9. The van der Waals surface area contributed by atoms with Gasteiger partial charge < -0.3 is 10.2 Å². The van der Waals surface area contributed by atoms with E-state index in [2.05, 4.69) is 10.2 Å². The second-order valence-electron chi connectivity index (χ2n) is 6.98. The summed E-state index contributed by atoms with van der Waals surface area (Å²) in [6.07, 6.45) is 14.8. The topological polar surface area (TPSA) is 15.3 Å². The fraction of sp³-hybridized carbons (Fsp3) is 1.00. The lowest BCUT2D eigenvalue weighted by Crippen LogP contribution is -2.42. The number of hydrogen-bond acceptors (Lipinski definition) is 2. The Morgan fingerprint density at radius 2 is 1.72 bits per heavy atom. The van der Waals surface area contributed by atoms with Gasteiger partial charge in [0.15, 0.2) is 0 Å². The Kier molecular flexibility index (Phi) is 4.25. The number of likely N-dealkylation sites (tertiary alicyclic amines) is 1. The molecule has 1 unspecified atom stereocenters. The molecule has 2 aliphatic heterocycles. The van der Waals surface area contributed by atoms with Crippen LogP contribution in [0.4, 0.5) is 0 Å². The third-order valence-corrected chi connectivity index (χ3v) is 5.79. The van der Waals surface area contributed by atoms with E-state index in [-0.39, 0.29) is 0 Å². The van der Waals surface area contributed by atoms with Gasteiger partial charge in [0, 0.05) is 6.04 Å². The van der Waals surface area contributed by atoms with E-state index in [1.807, 2.05) is 0 Å². The molecule has 2 heteroatoms. The molecule has 0 aromatic carbocycles. The number of hydrogen-bond donors (Lipinski definition) is 1. The van der Waals surface area contributed by atoms with Crippen LogP contribution in [0.15, 0.2) is 0 Å². The van der Waals surface area contributed by atoms with Gasteiger partial charge in [-0.1, -0.05) is 19.3 Å². The monoisotopic (exact) mass is 250 g/mol. The first kappa shape index (κ1) is 12.9.